The third-order valence-electron chi connectivity index (χ3n) is 5.61. The standard InChI is InChI=1S/C25H30N2O6/c1-3-32-25(30)33-22-10-6-20(7-11-22)24(29)26-17-19-12-14-27(15-13-19)23(28)16-18-4-8-21(31-2)9-5-18/h4-11,19H,3,12-17H2,1-2H3,(H,26,29). The molecule has 1 fully saturated rings. The summed E-state index contributed by atoms with van der Waals surface area (Å²) in [4.78, 5) is 38.3. The van der Waals surface area contributed by atoms with Crippen molar-refractivity contribution in [3.05, 3.63) is 59.7 Å². The SMILES string of the molecule is CCOC(=O)Oc1ccc(C(=O)NCC2CCN(C(=O)Cc3ccc(OC)cc3)CC2)cc1. The lowest BCUT2D eigenvalue weighted by Crippen LogP contribution is -2.42. The number of rotatable bonds is 8. The molecule has 0 radical (unpaired) electrons. The van der Waals surface area contributed by atoms with Crippen molar-refractivity contribution in [1.82, 2.24) is 10.2 Å². The van der Waals surface area contributed by atoms with E-state index in [0.717, 1.165) is 24.2 Å². The highest BCUT2D eigenvalue weighted by Crippen LogP contribution is 2.19. The lowest BCUT2D eigenvalue weighted by atomic mass is 9.96. The number of nitrogens with one attached hydrogen (secondary N) is 1. The minimum absolute atomic E-state index is 0.118. The monoisotopic (exact) mass is 454 g/mol. The first-order valence-electron chi connectivity index (χ1n) is 11.1. The molecular formula is C25H30N2O6. The Kier molecular flexibility index (Phi) is 8.69. The third-order valence-corrected chi connectivity index (χ3v) is 5.61. The van der Waals surface area contributed by atoms with Gasteiger partial charge in [0.25, 0.3) is 5.91 Å². The van der Waals surface area contributed by atoms with Crippen LogP contribution in [0.2, 0.25) is 0 Å². The van der Waals surface area contributed by atoms with E-state index in [9.17, 15) is 14.4 Å². The number of piperidine rings is 1. The normalized spacial score (nSPS) is 13.8. The van der Waals surface area contributed by atoms with Gasteiger partial charge in [0.2, 0.25) is 5.91 Å². The number of amides is 2. The molecule has 33 heavy (non-hydrogen) atoms. The number of hydrogen-bond acceptors (Lipinski definition) is 6. The smallest absolute Gasteiger partial charge is 0.497 e. The summed E-state index contributed by atoms with van der Waals surface area (Å²) in [6.07, 6.45) is 1.30. The zero-order chi connectivity index (χ0) is 23.6. The van der Waals surface area contributed by atoms with Gasteiger partial charge in [-0.1, -0.05) is 12.1 Å². The highest BCUT2D eigenvalue weighted by Gasteiger charge is 2.23. The molecule has 1 N–H and O–H groups in total. The molecule has 1 saturated heterocycles. The minimum Gasteiger partial charge on any atom is -0.497 e. The molecule has 0 aromatic heterocycles. The van der Waals surface area contributed by atoms with Crippen LogP contribution in [-0.4, -0.2) is 56.2 Å². The van der Waals surface area contributed by atoms with Crippen molar-refractivity contribution < 1.29 is 28.6 Å². The van der Waals surface area contributed by atoms with Crippen LogP contribution < -0.4 is 14.8 Å². The molecule has 0 unspecified atom stereocenters. The van der Waals surface area contributed by atoms with Crippen molar-refractivity contribution in [2.45, 2.75) is 26.2 Å². The van der Waals surface area contributed by atoms with E-state index in [0.29, 0.717) is 43.3 Å². The predicted molar refractivity (Wildman–Crippen MR) is 122 cm³/mol. The maximum Gasteiger partial charge on any atom is 0.513 e. The fraction of sp³-hybridized carbons (Fsp3) is 0.400. The summed E-state index contributed by atoms with van der Waals surface area (Å²) in [6, 6.07) is 13.9. The molecule has 2 amide bonds. The number of likely N-dealkylation sites (tertiary alicyclic amines) is 1. The quantitative estimate of drug-likeness (QED) is 0.485. The van der Waals surface area contributed by atoms with Crippen LogP contribution in [0.1, 0.15) is 35.7 Å². The molecule has 2 aromatic rings. The van der Waals surface area contributed by atoms with Gasteiger partial charge in [0.05, 0.1) is 20.1 Å². The molecule has 0 aliphatic carbocycles. The maximum absolute atomic E-state index is 12.6. The Balaban J connectivity index is 1.39. The molecule has 8 nitrogen and oxygen atoms in total. The van der Waals surface area contributed by atoms with Gasteiger partial charge in [0.1, 0.15) is 11.5 Å². The van der Waals surface area contributed by atoms with Gasteiger partial charge in [-0.2, -0.15) is 0 Å². The van der Waals surface area contributed by atoms with Gasteiger partial charge >= 0.3 is 6.16 Å². The van der Waals surface area contributed by atoms with Crippen LogP contribution in [0.25, 0.3) is 0 Å². The molecule has 8 heteroatoms. The van der Waals surface area contributed by atoms with Crippen molar-refractivity contribution in [1.29, 1.82) is 0 Å². The summed E-state index contributed by atoms with van der Waals surface area (Å²) >= 11 is 0. The van der Waals surface area contributed by atoms with Crippen molar-refractivity contribution in [2.75, 3.05) is 33.4 Å². The molecule has 0 saturated carbocycles. The maximum atomic E-state index is 12.6. The van der Waals surface area contributed by atoms with Crippen molar-refractivity contribution in [2.24, 2.45) is 5.92 Å². The molecule has 3 rings (SSSR count). The van der Waals surface area contributed by atoms with Crippen molar-refractivity contribution in [3.8, 4) is 11.5 Å². The Morgan fingerprint density at radius 2 is 1.61 bits per heavy atom. The largest absolute Gasteiger partial charge is 0.513 e. The summed E-state index contributed by atoms with van der Waals surface area (Å²) < 4.78 is 14.9. The van der Waals surface area contributed by atoms with Crippen LogP contribution in [-0.2, 0) is 16.0 Å². The first-order valence-corrected chi connectivity index (χ1v) is 11.1. The van der Waals surface area contributed by atoms with Crippen molar-refractivity contribution >= 4 is 18.0 Å². The Morgan fingerprint density at radius 3 is 2.21 bits per heavy atom. The van der Waals surface area contributed by atoms with Gasteiger partial charge in [0.15, 0.2) is 0 Å². The van der Waals surface area contributed by atoms with E-state index in [4.69, 9.17) is 14.2 Å². The summed E-state index contributed by atoms with van der Waals surface area (Å²) in [6.45, 7) is 3.86. The second-order valence-corrected chi connectivity index (χ2v) is 7.87. The predicted octanol–water partition coefficient (Wildman–Crippen LogP) is 3.44. The third kappa shape index (κ3) is 7.24. The van der Waals surface area contributed by atoms with Gasteiger partial charge in [-0.05, 0) is 67.6 Å². The lowest BCUT2D eigenvalue weighted by molar-refractivity contribution is -0.131. The molecule has 0 atom stereocenters. The Bertz CT molecular complexity index is 934. The summed E-state index contributed by atoms with van der Waals surface area (Å²) in [5.41, 5.74) is 1.45. The summed E-state index contributed by atoms with van der Waals surface area (Å²) in [5.74, 6) is 1.35. The molecule has 0 bridgehead atoms. The number of benzene rings is 2. The second-order valence-electron chi connectivity index (χ2n) is 7.87. The van der Waals surface area contributed by atoms with Crippen LogP contribution in [0, 0.1) is 5.92 Å². The van der Waals surface area contributed by atoms with Crippen molar-refractivity contribution in [3.63, 3.8) is 0 Å². The second kappa shape index (κ2) is 11.9. The number of carbonyl (C=O) groups excluding carboxylic acids is 3. The molecule has 0 spiro atoms. The average Bonchev–Trinajstić information content (AvgIpc) is 2.84. The molecule has 176 valence electrons. The molecular weight excluding hydrogens is 424 g/mol. The molecule has 1 aliphatic heterocycles. The highest BCUT2D eigenvalue weighted by atomic mass is 16.7. The number of nitrogens with zero attached hydrogens (tertiary/aromatic N) is 1. The molecule has 1 aliphatic rings. The van der Waals surface area contributed by atoms with E-state index < -0.39 is 6.16 Å². The number of hydrogen-bond donors (Lipinski definition) is 1. The highest BCUT2D eigenvalue weighted by molar-refractivity contribution is 5.94. The van der Waals surface area contributed by atoms with Crippen LogP contribution in [0.3, 0.4) is 0 Å². The first-order chi connectivity index (χ1) is 16.0. The fourth-order valence-electron chi connectivity index (χ4n) is 3.67. The minimum atomic E-state index is -0.775. The first kappa shape index (κ1) is 24.1. The number of ether oxygens (including phenoxy) is 3. The Labute approximate surface area is 193 Å². The summed E-state index contributed by atoms with van der Waals surface area (Å²) in [7, 11) is 1.62. The average molecular weight is 455 g/mol. The number of carbonyl (C=O) groups is 3. The van der Waals surface area contributed by atoms with Gasteiger partial charge in [-0.15, -0.1) is 0 Å². The Hall–Kier alpha value is -3.55. The zero-order valence-electron chi connectivity index (χ0n) is 19.0. The van der Waals surface area contributed by atoms with E-state index in [-0.39, 0.29) is 18.4 Å². The van der Waals surface area contributed by atoms with E-state index in [1.54, 1.807) is 38.3 Å². The van der Waals surface area contributed by atoms with Crippen LogP contribution in [0.15, 0.2) is 48.5 Å². The zero-order valence-corrected chi connectivity index (χ0v) is 19.0. The topological polar surface area (TPSA) is 94.2 Å². The van der Waals surface area contributed by atoms with E-state index in [1.807, 2.05) is 29.2 Å². The van der Waals surface area contributed by atoms with E-state index in [1.165, 1.54) is 0 Å². The molecule has 1 heterocycles. The van der Waals surface area contributed by atoms with Crippen LogP contribution >= 0.6 is 0 Å². The lowest BCUT2D eigenvalue weighted by Gasteiger charge is -2.32. The Morgan fingerprint density at radius 1 is 0.970 bits per heavy atom. The van der Waals surface area contributed by atoms with Crippen LogP contribution in [0.4, 0.5) is 4.79 Å². The van der Waals surface area contributed by atoms with E-state index >= 15 is 0 Å². The van der Waals surface area contributed by atoms with Gasteiger partial charge in [0, 0.05) is 25.2 Å². The van der Waals surface area contributed by atoms with Gasteiger partial charge in [-0.3, -0.25) is 9.59 Å². The summed E-state index contributed by atoms with van der Waals surface area (Å²) in [5, 5.41) is 2.96. The molecule has 2 aromatic carbocycles. The number of methoxy groups -OCH3 is 1. The van der Waals surface area contributed by atoms with Crippen LogP contribution in [0.5, 0.6) is 11.5 Å². The van der Waals surface area contributed by atoms with Gasteiger partial charge in [-0.25, -0.2) is 4.79 Å². The van der Waals surface area contributed by atoms with Gasteiger partial charge < -0.3 is 24.4 Å². The van der Waals surface area contributed by atoms with E-state index in [2.05, 4.69) is 5.32 Å². The fourth-order valence-corrected chi connectivity index (χ4v) is 3.67.